The predicted octanol–water partition coefficient (Wildman–Crippen LogP) is 11.2. The van der Waals surface area contributed by atoms with E-state index >= 15 is 0 Å². The molecule has 0 rings (SSSR count). The lowest BCUT2D eigenvalue weighted by Crippen LogP contribution is -2.40. The van der Waals surface area contributed by atoms with E-state index in [1.165, 1.54) is 135 Å². The van der Waals surface area contributed by atoms with Crippen molar-refractivity contribution in [3.8, 4) is 0 Å². The first-order valence-corrected chi connectivity index (χ1v) is 17.4. The fourth-order valence-electron chi connectivity index (χ4n) is 4.08. The van der Waals surface area contributed by atoms with E-state index in [0.717, 1.165) is 6.61 Å². The molecule has 0 radical (unpaired) electrons. The molecule has 0 aliphatic rings. The van der Waals surface area contributed by atoms with Gasteiger partial charge in [-0.15, -0.1) is 0 Å². The summed E-state index contributed by atoms with van der Waals surface area (Å²) in [6, 6.07) is 0. The van der Waals surface area contributed by atoms with Crippen molar-refractivity contribution in [2.75, 3.05) is 6.61 Å². The molecule has 0 aromatic heterocycles. The van der Waals surface area contributed by atoms with Gasteiger partial charge in [-0.1, -0.05) is 156 Å². The van der Waals surface area contributed by atoms with Crippen LogP contribution in [0.1, 0.15) is 163 Å². The van der Waals surface area contributed by atoms with Crippen LogP contribution in [0.25, 0.3) is 0 Å². The maximum Gasteiger partial charge on any atom is 0.191 e. The molecule has 0 amide bonds. The minimum absolute atomic E-state index is 0.347. The number of hydrogen-bond donors (Lipinski definition) is 0. The van der Waals surface area contributed by atoms with Crippen LogP contribution < -0.4 is 0 Å². The van der Waals surface area contributed by atoms with Gasteiger partial charge in [0.15, 0.2) is 8.32 Å². The van der Waals surface area contributed by atoms with Crippen molar-refractivity contribution in [3.05, 3.63) is 0 Å². The van der Waals surface area contributed by atoms with Crippen LogP contribution in [0.15, 0.2) is 0 Å². The summed E-state index contributed by atoms with van der Waals surface area (Å²) in [6.45, 7) is 15.0. The summed E-state index contributed by atoms with van der Waals surface area (Å²) in [5.41, 5.74) is 0. The number of unbranched alkanes of at least 4 members (excludes halogenated alkanes) is 20. The molecule has 1 nitrogen and oxygen atoms in total. The summed E-state index contributed by atoms with van der Waals surface area (Å²) >= 11 is 0. The van der Waals surface area contributed by atoms with Crippen LogP contribution >= 0.6 is 0 Å². The second kappa shape index (κ2) is 20.8. The van der Waals surface area contributed by atoms with E-state index in [-0.39, 0.29) is 0 Å². The van der Waals surface area contributed by atoms with E-state index in [4.69, 9.17) is 4.43 Å². The Morgan fingerprint density at radius 1 is 0.452 bits per heavy atom. The molecule has 0 atom stereocenters. The Morgan fingerprint density at radius 3 is 0.968 bits per heavy atom. The van der Waals surface area contributed by atoms with E-state index < -0.39 is 8.32 Å². The molecule has 0 N–H and O–H groups in total. The highest BCUT2D eigenvalue weighted by atomic mass is 28.4. The highest BCUT2D eigenvalue weighted by Crippen LogP contribution is 2.36. The van der Waals surface area contributed by atoms with Crippen LogP contribution in [0.4, 0.5) is 0 Å². The van der Waals surface area contributed by atoms with E-state index in [1.54, 1.807) is 0 Å². The quantitative estimate of drug-likeness (QED) is 0.110. The van der Waals surface area contributed by atoms with Crippen molar-refractivity contribution in [1.29, 1.82) is 0 Å². The minimum atomic E-state index is -1.52. The molecule has 188 valence electrons. The fraction of sp³-hybridized carbons (Fsp3) is 1.00. The van der Waals surface area contributed by atoms with Crippen LogP contribution in [0.2, 0.25) is 18.1 Å². The Bertz CT molecular complexity index is 358. The predicted molar refractivity (Wildman–Crippen MR) is 146 cm³/mol. The summed E-state index contributed by atoms with van der Waals surface area (Å²) in [6.07, 6.45) is 30.3. The van der Waals surface area contributed by atoms with E-state index in [0.29, 0.717) is 5.04 Å². The van der Waals surface area contributed by atoms with Crippen molar-refractivity contribution in [2.24, 2.45) is 0 Å². The topological polar surface area (TPSA) is 9.23 Å². The molecule has 0 unspecified atom stereocenters. The molecular weight excluding hydrogens is 392 g/mol. The lowest BCUT2D eigenvalue weighted by molar-refractivity contribution is 0.277. The molecule has 0 aliphatic heterocycles. The zero-order valence-electron chi connectivity index (χ0n) is 23.0. The maximum atomic E-state index is 6.27. The third-order valence-corrected chi connectivity index (χ3v) is 12.1. The molecule has 0 aliphatic carbocycles. The van der Waals surface area contributed by atoms with Gasteiger partial charge in [0.1, 0.15) is 0 Å². The zero-order valence-corrected chi connectivity index (χ0v) is 24.0. The molecule has 0 aromatic rings. The Labute approximate surface area is 200 Å². The lowest BCUT2D eigenvalue weighted by Gasteiger charge is -2.36. The number of rotatable bonds is 23. The van der Waals surface area contributed by atoms with Crippen molar-refractivity contribution >= 4 is 8.32 Å². The van der Waals surface area contributed by atoms with Crippen molar-refractivity contribution in [3.63, 3.8) is 0 Å². The van der Waals surface area contributed by atoms with Gasteiger partial charge in [-0.25, -0.2) is 0 Å². The Kier molecular flexibility index (Phi) is 20.9. The van der Waals surface area contributed by atoms with Crippen LogP contribution in [0, 0.1) is 0 Å². The first-order valence-electron chi connectivity index (χ1n) is 14.4. The molecule has 0 bridgehead atoms. The summed E-state index contributed by atoms with van der Waals surface area (Å²) in [5.74, 6) is 0. The van der Waals surface area contributed by atoms with Gasteiger partial charge in [0.05, 0.1) is 0 Å². The van der Waals surface area contributed by atoms with Crippen LogP contribution in [0.3, 0.4) is 0 Å². The Hall–Kier alpha value is 0.177. The average molecular weight is 455 g/mol. The van der Waals surface area contributed by atoms with E-state index in [2.05, 4.69) is 40.8 Å². The summed E-state index contributed by atoms with van der Waals surface area (Å²) in [4.78, 5) is 0. The normalized spacial score (nSPS) is 12.6. The third kappa shape index (κ3) is 20.5. The maximum absolute atomic E-state index is 6.27. The Morgan fingerprint density at radius 2 is 0.710 bits per heavy atom. The molecule has 2 heteroatoms. The van der Waals surface area contributed by atoms with Gasteiger partial charge < -0.3 is 4.43 Å². The smallest absolute Gasteiger partial charge is 0.191 e. The van der Waals surface area contributed by atoms with Crippen LogP contribution in [0.5, 0.6) is 0 Å². The standard InChI is InChI=1S/C29H62OSi/c1-7-8-9-10-11-12-13-14-15-16-17-18-19-20-21-22-23-24-25-26-27-28-30-31(5,6)29(2,3)4/h7-28H2,1-6H3. The summed E-state index contributed by atoms with van der Waals surface area (Å²) in [7, 11) is -1.52. The number of hydrogen-bond acceptors (Lipinski definition) is 1. The second-order valence-corrected chi connectivity index (χ2v) is 16.5. The molecule has 0 saturated heterocycles. The van der Waals surface area contributed by atoms with Crippen molar-refractivity contribution in [1.82, 2.24) is 0 Å². The highest BCUT2D eigenvalue weighted by Gasteiger charge is 2.36. The van der Waals surface area contributed by atoms with Gasteiger partial charge in [-0.2, -0.15) is 0 Å². The average Bonchev–Trinajstić information content (AvgIpc) is 2.71. The monoisotopic (exact) mass is 454 g/mol. The van der Waals surface area contributed by atoms with Crippen LogP contribution in [-0.4, -0.2) is 14.9 Å². The highest BCUT2D eigenvalue weighted by molar-refractivity contribution is 6.74. The molecule has 0 aromatic carbocycles. The van der Waals surface area contributed by atoms with Gasteiger partial charge in [0, 0.05) is 6.61 Å². The second-order valence-electron chi connectivity index (χ2n) is 11.7. The fourth-order valence-corrected chi connectivity index (χ4v) is 5.17. The largest absolute Gasteiger partial charge is 0.417 e. The third-order valence-electron chi connectivity index (χ3n) is 7.52. The SMILES string of the molecule is CCCCCCCCCCCCCCCCCCCCCCCO[Si](C)(C)C(C)(C)C. The van der Waals surface area contributed by atoms with E-state index in [9.17, 15) is 0 Å². The molecule has 0 saturated carbocycles. The van der Waals surface area contributed by atoms with Gasteiger partial charge in [-0.05, 0) is 24.6 Å². The molecule has 0 heterocycles. The van der Waals surface area contributed by atoms with Crippen molar-refractivity contribution in [2.45, 2.75) is 181 Å². The van der Waals surface area contributed by atoms with Crippen LogP contribution in [-0.2, 0) is 4.43 Å². The molecule has 0 spiro atoms. The molecule has 0 fully saturated rings. The summed E-state index contributed by atoms with van der Waals surface area (Å²) < 4.78 is 6.27. The summed E-state index contributed by atoms with van der Waals surface area (Å²) in [5, 5.41) is 0.347. The van der Waals surface area contributed by atoms with Gasteiger partial charge in [0.2, 0.25) is 0 Å². The van der Waals surface area contributed by atoms with Gasteiger partial charge >= 0.3 is 0 Å². The van der Waals surface area contributed by atoms with E-state index in [1.807, 2.05) is 0 Å². The van der Waals surface area contributed by atoms with Crippen molar-refractivity contribution < 1.29 is 4.43 Å². The van der Waals surface area contributed by atoms with Gasteiger partial charge in [0.25, 0.3) is 0 Å². The van der Waals surface area contributed by atoms with Gasteiger partial charge in [-0.3, -0.25) is 0 Å². The zero-order chi connectivity index (χ0) is 23.3. The molecule has 31 heavy (non-hydrogen) atoms. The first kappa shape index (κ1) is 31.2. The Balaban J connectivity index is 3.16. The first-order chi connectivity index (χ1) is 14.8. The lowest BCUT2D eigenvalue weighted by atomic mass is 10.0. The minimum Gasteiger partial charge on any atom is -0.417 e. The molecular formula is C29H62OSi.